The predicted octanol–water partition coefficient (Wildman–Crippen LogP) is 4.93. The van der Waals surface area contributed by atoms with Gasteiger partial charge in [0.2, 0.25) is 0 Å². The highest BCUT2D eigenvalue weighted by molar-refractivity contribution is 7.12. The summed E-state index contributed by atoms with van der Waals surface area (Å²) in [4.78, 5) is 33.7. The average Bonchev–Trinajstić information content (AvgIpc) is 3.43. The standard InChI is InChI=1S/C25H23N5O3S/c1-13-11-18(16(4)34-13)20-12-19(21-14(2)28-33-24(21)26-20)23(31)27-22-15(3)29(5)30(25(22)32)17-9-7-6-8-10-17/h6-12H,1-5H3,(H,27,31). The van der Waals surface area contributed by atoms with Crippen LogP contribution < -0.4 is 10.9 Å². The minimum Gasteiger partial charge on any atom is -0.335 e. The van der Waals surface area contributed by atoms with E-state index >= 15 is 0 Å². The molecule has 34 heavy (non-hydrogen) atoms. The molecule has 1 amide bonds. The van der Waals surface area contributed by atoms with Crippen LogP contribution in [-0.2, 0) is 7.05 Å². The third-order valence-electron chi connectivity index (χ3n) is 5.97. The van der Waals surface area contributed by atoms with Gasteiger partial charge in [0.05, 0.1) is 33.7 Å². The van der Waals surface area contributed by atoms with Crippen LogP contribution in [0.5, 0.6) is 0 Å². The first kappa shape index (κ1) is 21.8. The molecular formula is C25H23N5O3S. The summed E-state index contributed by atoms with van der Waals surface area (Å²) in [6.07, 6.45) is 0. The highest BCUT2D eigenvalue weighted by atomic mass is 32.1. The molecule has 0 aliphatic heterocycles. The fourth-order valence-corrected chi connectivity index (χ4v) is 5.12. The molecule has 5 rings (SSSR count). The van der Waals surface area contributed by atoms with Gasteiger partial charge in [-0.25, -0.2) is 9.67 Å². The van der Waals surface area contributed by atoms with E-state index in [2.05, 4.69) is 15.5 Å². The van der Waals surface area contributed by atoms with Gasteiger partial charge in [0, 0.05) is 22.4 Å². The van der Waals surface area contributed by atoms with E-state index < -0.39 is 5.91 Å². The molecule has 1 N–H and O–H groups in total. The summed E-state index contributed by atoms with van der Waals surface area (Å²) in [5.41, 5.74) is 4.03. The number of amides is 1. The molecule has 4 aromatic heterocycles. The van der Waals surface area contributed by atoms with Gasteiger partial charge in [0.15, 0.2) is 0 Å². The van der Waals surface area contributed by atoms with E-state index in [-0.39, 0.29) is 17.0 Å². The van der Waals surface area contributed by atoms with Crippen molar-refractivity contribution in [1.82, 2.24) is 19.5 Å². The normalized spacial score (nSPS) is 11.3. The maximum atomic E-state index is 13.6. The molecule has 0 radical (unpaired) electrons. The number of benzene rings is 1. The number of nitrogens with zero attached hydrogens (tertiary/aromatic N) is 4. The van der Waals surface area contributed by atoms with Gasteiger partial charge < -0.3 is 9.84 Å². The maximum Gasteiger partial charge on any atom is 0.295 e. The van der Waals surface area contributed by atoms with Crippen LogP contribution in [0.3, 0.4) is 0 Å². The Morgan fingerprint density at radius 1 is 1.09 bits per heavy atom. The Bertz CT molecular complexity index is 1620. The molecule has 1 aromatic carbocycles. The van der Waals surface area contributed by atoms with Crippen molar-refractivity contribution in [2.75, 3.05) is 5.32 Å². The number of thiophene rings is 1. The number of fused-ring (bicyclic) bond motifs is 1. The van der Waals surface area contributed by atoms with Gasteiger partial charge in [0.25, 0.3) is 17.2 Å². The summed E-state index contributed by atoms with van der Waals surface area (Å²) in [5.74, 6) is -0.421. The first-order chi connectivity index (χ1) is 16.3. The summed E-state index contributed by atoms with van der Waals surface area (Å²) < 4.78 is 8.67. The number of para-hydroxylation sites is 1. The Morgan fingerprint density at radius 2 is 1.82 bits per heavy atom. The molecule has 0 atom stereocenters. The number of aromatic nitrogens is 4. The Morgan fingerprint density at radius 3 is 2.50 bits per heavy atom. The lowest BCUT2D eigenvalue weighted by atomic mass is 10.1. The van der Waals surface area contributed by atoms with Crippen LogP contribution in [0.15, 0.2) is 51.8 Å². The van der Waals surface area contributed by atoms with Gasteiger partial charge in [-0.1, -0.05) is 23.4 Å². The van der Waals surface area contributed by atoms with Crippen molar-refractivity contribution in [3.05, 3.63) is 79.5 Å². The van der Waals surface area contributed by atoms with E-state index in [1.165, 1.54) is 4.68 Å². The van der Waals surface area contributed by atoms with Crippen molar-refractivity contribution in [3.63, 3.8) is 0 Å². The van der Waals surface area contributed by atoms with Crippen molar-refractivity contribution in [3.8, 4) is 16.9 Å². The molecule has 0 aliphatic carbocycles. The molecule has 0 aliphatic rings. The van der Waals surface area contributed by atoms with Crippen LogP contribution in [0, 0.1) is 27.7 Å². The maximum absolute atomic E-state index is 13.6. The number of carbonyl (C=O) groups is 1. The molecule has 0 saturated heterocycles. The van der Waals surface area contributed by atoms with Gasteiger partial charge in [-0.3, -0.25) is 14.3 Å². The smallest absolute Gasteiger partial charge is 0.295 e. The lowest BCUT2D eigenvalue weighted by molar-refractivity contribution is 0.102. The topological polar surface area (TPSA) is 95.0 Å². The molecule has 0 bridgehead atoms. The van der Waals surface area contributed by atoms with Crippen LogP contribution in [0.4, 0.5) is 5.69 Å². The zero-order chi connectivity index (χ0) is 24.1. The quantitative estimate of drug-likeness (QED) is 0.399. The number of rotatable bonds is 4. The summed E-state index contributed by atoms with van der Waals surface area (Å²) in [7, 11) is 1.79. The fraction of sp³-hybridized carbons (Fsp3) is 0.200. The van der Waals surface area contributed by atoms with E-state index in [1.807, 2.05) is 50.2 Å². The molecule has 5 aromatic rings. The van der Waals surface area contributed by atoms with E-state index in [0.29, 0.717) is 33.7 Å². The number of aryl methyl sites for hydroxylation is 3. The van der Waals surface area contributed by atoms with E-state index in [9.17, 15) is 9.59 Å². The monoisotopic (exact) mass is 473 g/mol. The summed E-state index contributed by atoms with van der Waals surface area (Å²) in [5, 5.41) is 7.39. The van der Waals surface area contributed by atoms with Crippen LogP contribution >= 0.6 is 11.3 Å². The minimum absolute atomic E-state index is 0.222. The lowest BCUT2D eigenvalue weighted by Gasteiger charge is -2.08. The van der Waals surface area contributed by atoms with Crippen LogP contribution in [-0.4, -0.2) is 25.4 Å². The van der Waals surface area contributed by atoms with Crippen molar-refractivity contribution in [2.45, 2.75) is 27.7 Å². The van der Waals surface area contributed by atoms with Gasteiger partial charge in [-0.2, -0.15) is 0 Å². The van der Waals surface area contributed by atoms with Gasteiger partial charge in [-0.15, -0.1) is 11.3 Å². The Kier molecular flexibility index (Phi) is 5.21. The van der Waals surface area contributed by atoms with Crippen LogP contribution in [0.1, 0.15) is 31.5 Å². The second-order valence-electron chi connectivity index (χ2n) is 8.22. The Hall–Kier alpha value is -3.98. The molecule has 9 heteroatoms. The fourth-order valence-electron chi connectivity index (χ4n) is 4.19. The second-order valence-corrected chi connectivity index (χ2v) is 9.68. The first-order valence-electron chi connectivity index (χ1n) is 10.8. The Balaban J connectivity index is 1.62. The molecule has 172 valence electrons. The molecular weight excluding hydrogens is 450 g/mol. The Labute approximate surface area is 199 Å². The SMILES string of the molecule is Cc1cc(-c2cc(C(=O)Nc3c(C)n(C)n(-c4ccccc4)c3=O)c3c(C)noc3n2)c(C)s1. The number of pyridine rings is 1. The largest absolute Gasteiger partial charge is 0.335 e. The number of carbonyl (C=O) groups excluding carboxylic acids is 1. The summed E-state index contributed by atoms with van der Waals surface area (Å²) in [6.45, 7) is 7.61. The van der Waals surface area contributed by atoms with Gasteiger partial charge >= 0.3 is 0 Å². The second kappa shape index (κ2) is 8.11. The number of anilines is 1. The minimum atomic E-state index is -0.421. The first-order valence-corrected chi connectivity index (χ1v) is 11.6. The predicted molar refractivity (Wildman–Crippen MR) is 133 cm³/mol. The highest BCUT2D eigenvalue weighted by Gasteiger charge is 2.24. The zero-order valence-corrected chi connectivity index (χ0v) is 20.3. The van der Waals surface area contributed by atoms with E-state index in [1.54, 1.807) is 43.0 Å². The highest BCUT2D eigenvalue weighted by Crippen LogP contribution is 2.33. The van der Waals surface area contributed by atoms with Crippen molar-refractivity contribution in [2.24, 2.45) is 7.05 Å². The molecule has 0 fully saturated rings. The van der Waals surface area contributed by atoms with Crippen LogP contribution in [0.25, 0.3) is 28.0 Å². The molecule has 0 saturated carbocycles. The molecule has 0 unspecified atom stereocenters. The van der Waals surface area contributed by atoms with E-state index in [0.717, 1.165) is 15.3 Å². The average molecular weight is 474 g/mol. The molecule has 8 nitrogen and oxygen atoms in total. The third-order valence-corrected chi connectivity index (χ3v) is 6.94. The van der Waals surface area contributed by atoms with Gasteiger partial charge in [0.1, 0.15) is 5.69 Å². The van der Waals surface area contributed by atoms with Crippen molar-refractivity contribution < 1.29 is 9.32 Å². The zero-order valence-electron chi connectivity index (χ0n) is 19.5. The lowest BCUT2D eigenvalue weighted by Crippen LogP contribution is -2.23. The van der Waals surface area contributed by atoms with Crippen molar-refractivity contribution >= 4 is 34.0 Å². The molecule has 0 spiro atoms. The summed E-state index contributed by atoms with van der Waals surface area (Å²) in [6, 6.07) is 13.1. The number of hydrogen-bond acceptors (Lipinski definition) is 6. The summed E-state index contributed by atoms with van der Waals surface area (Å²) >= 11 is 1.66. The number of nitrogens with one attached hydrogen (secondary N) is 1. The molecule has 4 heterocycles. The number of hydrogen-bond donors (Lipinski definition) is 1. The third kappa shape index (κ3) is 3.45. The van der Waals surface area contributed by atoms with Crippen LogP contribution in [0.2, 0.25) is 0 Å². The van der Waals surface area contributed by atoms with Gasteiger partial charge in [-0.05, 0) is 52.0 Å². The van der Waals surface area contributed by atoms with E-state index in [4.69, 9.17) is 4.52 Å². The van der Waals surface area contributed by atoms with Crippen molar-refractivity contribution in [1.29, 1.82) is 0 Å².